The molecule has 0 aromatic carbocycles. The van der Waals surface area contributed by atoms with Gasteiger partial charge in [0.2, 0.25) is 0 Å². The monoisotopic (exact) mass is 207 g/mol. The van der Waals surface area contributed by atoms with Crippen LogP contribution in [0.25, 0.3) is 0 Å². The maximum atomic E-state index is 6.14. The topological polar surface area (TPSA) is 21.3 Å². The highest BCUT2D eigenvalue weighted by Gasteiger charge is 2.52. The summed E-state index contributed by atoms with van der Waals surface area (Å²) in [6.45, 7) is 6.95. The normalized spacial score (nSPS) is 42.0. The van der Waals surface area contributed by atoms with Crippen LogP contribution in [0.2, 0.25) is 0 Å². The number of fused-ring (bicyclic) bond motifs is 1. The Balaban J connectivity index is 1.69. The zero-order valence-corrected chi connectivity index (χ0v) is 9.75. The third-order valence-corrected chi connectivity index (χ3v) is 4.74. The molecule has 84 valence electrons. The average molecular weight is 207 g/mol. The summed E-state index contributed by atoms with van der Waals surface area (Å²) in [7, 11) is 0. The second kappa shape index (κ2) is 3.24. The van der Waals surface area contributed by atoms with Crippen LogP contribution >= 0.6 is 0 Å². The van der Waals surface area contributed by atoms with Gasteiger partial charge in [0.1, 0.15) is 6.10 Å². The fourth-order valence-corrected chi connectivity index (χ4v) is 3.35. The second-order valence-corrected chi connectivity index (χ2v) is 5.88. The standard InChI is InChI=1S/C13H21NO/c1-13(2)9-3-4-12(11(13)7-9)15-10-5-6-14-8-10/h4,9-11,14H,3,5-8H2,1-2H3. The van der Waals surface area contributed by atoms with Gasteiger partial charge in [0.15, 0.2) is 0 Å². The molecule has 2 fully saturated rings. The van der Waals surface area contributed by atoms with Crippen LogP contribution in [0.5, 0.6) is 0 Å². The van der Waals surface area contributed by atoms with E-state index >= 15 is 0 Å². The molecule has 1 N–H and O–H groups in total. The molecule has 1 saturated carbocycles. The van der Waals surface area contributed by atoms with Gasteiger partial charge < -0.3 is 10.1 Å². The van der Waals surface area contributed by atoms with Crippen molar-refractivity contribution in [2.24, 2.45) is 17.3 Å². The summed E-state index contributed by atoms with van der Waals surface area (Å²) >= 11 is 0. The maximum Gasteiger partial charge on any atom is 0.112 e. The van der Waals surface area contributed by atoms with Gasteiger partial charge in [-0.2, -0.15) is 0 Å². The molecule has 0 spiro atoms. The van der Waals surface area contributed by atoms with Crippen molar-refractivity contribution in [2.45, 2.75) is 39.2 Å². The third kappa shape index (κ3) is 1.42. The van der Waals surface area contributed by atoms with E-state index in [-0.39, 0.29) is 0 Å². The van der Waals surface area contributed by atoms with Crippen molar-refractivity contribution in [3.05, 3.63) is 11.8 Å². The number of allylic oxidation sites excluding steroid dienone is 2. The summed E-state index contributed by atoms with van der Waals surface area (Å²) in [5.41, 5.74) is 0.496. The van der Waals surface area contributed by atoms with Crippen LogP contribution < -0.4 is 5.32 Å². The first-order valence-corrected chi connectivity index (χ1v) is 6.25. The highest BCUT2D eigenvalue weighted by Crippen LogP contribution is 2.59. The van der Waals surface area contributed by atoms with Gasteiger partial charge in [-0.05, 0) is 43.2 Å². The summed E-state index contributed by atoms with van der Waals surface area (Å²) in [6, 6.07) is 0. The van der Waals surface area contributed by atoms with Crippen LogP contribution in [0.3, 0.4) is 0 Å². The lowest BCUT2D eigenvalue weighted by Crippen LogP contribution is -2.48. The van der Waals surface area contributed by atoms with E-state index in [1.807, 2.05) is 0 Å². The van der Waals surface area contributed by atoms with E-state index < -0.39 is 0 Å². The lowest BCUT2D eigenvalue weighted by molar-refractivity contribution is -0.0574. The molecule has 2 bridgehead atoms. The summed E-state index contributed by atoms with van der Waals surface area (Å²) in [5.74, 6) is 2.92. The van der Waals surface area contributed by atoms with Crippen molar-refractivity contribution in [1.82, 2.24) is 5.32 Å². The smallest absolute Gasteiger partial charge is 0.112 e. The van der Waals surface area contributed by atoms with Crippen molar-refractivity contribution in [3.63, 3.8) is 0 Å². The Morgan fingerprint density at radius 1 is 1.47 bits per heavy atom. The van der Waals surface area contributed by atoms with Crippen molar-refractivity contribution >= 4 is 0 Å². The number of rotatable bonds is 2. The Labute approximate surface area is 92.1 Å². The molecule has 0 aromatic rings. The zero-order chi connectivity index (χ0) is 10.5. The molecule has 4 aliphatic rings. The van der Waals surface area contributed by atoms with Gasteiger partial charge in [0.05, 0.1) is 5.76 Å². The first-order chi connectivity index (χ1) is 7.18. The minimum atomic E-state index is 0.434. The predicted molar refractivity (Wildman–Crippen MR) is 60.4 cm³/mol. The lowest BCUT2D eigenvalue weighted by Gasteiger charge is -2.55. The van der Waals surface area contributed by atoms with Crippen LogP contribution in [0.4, 0.5) is 0 Å². The number of nitrogens with one attached hydrogen (secondary N) is 1. The third-order valence-electron chi connectivity index (χ3n) is 4.74. The van der Waals surface area contributed by atoms with Crippen LogP contribution in [0.1, 0.15) is 33.1 Å². The molecule has 1 saturated heterocycles. The zero-order valence-electron chi connectivity index (χ0n) is 9.75. The van der Waals surface area contributed by atoms with Crippen LogP contribution in [0, 0.1) is 17.3 Å². The summed E-state index contributed by atoms with van der Waals surface area (Å²) < 4.78 is 6.14. The van der Waals surface area contributed by atoms with E-state index in [2.05, 4.69) is 25.2 Å². The van der Waals surface area contributed by atoms with Gasteiger partial charge in [-0.1, -0.05) is 13.8 Å². The largest absolute Gasteiger partial charge is 0.493 e. The van der Waals surface area contributed by atoms with Gasteiger partial charge in [0, 0.05) is 12.5 Å². The maximum absolute atomic E-state index is 6.14. The molecule has 4 rings (SSSR count). The molecule has 2 nitrogen and oxygen atoms in total. The van der Waals surface area contributed by atoms with Crippen LogP contribution in [0.15, 0.2) is 11.8 Å². The quantitative estimate of drug-likeness (QED) is 0.750. The molecule has 0 amide bonds. The second-order valence-electron chi connectivity index (χ2n) is 5.88. The van der Waals surface area contributed by atoms with Gasteiger partial charge >= 0.3 is 0 Å². The Bertz CT molecular complexity index is 289. The summed E-state index contributed by atoms with van der Waals surface area (Å²) in [6.07, 6.45) is 6.55. The molecular formula is C13H21NO. The molecule has 1 heterocycles. The summed E-state index contributed by atoms with van der Waals surface area (Å²) in [5, 5.41) is 3.36. The van der Waals surface area contributed by atoms with E-state index in [0.717, 1.165) is 19.0 Å². The predicted octanol–water partition coefficient (Wildman–Crippen LogP) is 2.31. The van der Waals surface area contributed by atoms with Gasteiger partial charge in [-0.15, -0.1) is 0 Å². The Hall–Kier alpha value is -0.500. The molecule has 3 aliphatic carbocycles. The number of hydrogen-bond acceptors (Lipinski definition) is 2. The number of ether oxygens (including phenoxy) is 1. The first kappa shape index (κ1) is 9.71. The van der Waals surface area contributed by atoms with E-state index in [0.29, 0.717) is 17.4 Å². The van der Waals surface area contributed by atoms with Gasteiger partial charge in [0.25, 0.3) is 0 Å². The SMILES string of the molecule is CC1(C)C2CC=C(OC3CCNC3)C1C2. The van der Waals surface area contributed by atoms with E-state index in [9.17, 15) is 0 Å². The fraction of sp³-hybridized carbons (Fsp3) is 0.846. The van der Waals surface area contributed by atoms with E-state index in [4.69, 9.17) is 4.74 Å². The molecule has 2 heteroatoms. The molecular weight excluding hydrogens is 186 g/mol. The Kier molecular flexibility index (Phi) is 2.10. The van der Waals surface area contributed by atoms with Crippen molar-refractivity contribution < 1.29 is 4.74 Å². The van der Waals surface area contributed by atoms with E-state index in [1.54, 1.807) is 0 Å². The van der Waals surface area contributed by atoms with Crippen molar-refractivity contribution in [2.75, 3.05) is 13.1 Å². The van der Waals surface area contributed by atoms with Gasteiger partial charge in [-0.3, -0.25) is 0 Å². The minimum Gasteiger partial charge on any atom is -0.493 e. The molecule has 0 aromatic heterocycles. The fourth-order valence-electron chi connectivity index (χ4n) is 3.35. The van der Waals surface area contributed by atoms with Gasteiger partial charge in [-0.25, -0.2) is 0 Å². The molecule has 3 unspecified atom stereocenters. The minimum absolute atomic E-state index is 0.434. The molecule has 0 radical (unpaired) electrons. The van der Waals surface area contributed by atoms with Crippen LogP contribution in [-0.4, -0.2) is 19.2 Å². The first-order valence-electron chi connectivity index (χ1n) is 6.25. The highest BCUT2D eigenvalue weighted by molar-refractivity contribution is 5.19. The average Bonchev–Trinajstić information content (AvgIpc) is 2.70. The van der Waals surface area contributed by atoms with Crippen LogP contribution in [-0.2, 0) is 4.74 Å². The Morgan fingerprint density at radius 2 is 2.33 bits per heavy atom. The summed E-state index contributed by atoms with van der Waals surface area (Å²) in [4.78, 5) is 0. The van der Waals surface area contributed by atoms with E-state index in [1.165, 1.54) is 25.0 Å². The lowest BCUT2D eigenvalue weighted by atomic mass is 9.50. The number of hydrogen-bond donors (Lipinski definition) is 1. The van der Waals surface area contributed by atoms with Crippen molar-refractivity contribution in [1.29, 1.82) is 0 Å². The van der Waals surface area contributed by atoms with Crippen molar-refractivity contribution in [3.8, 4) is 0 Å². The molecule has 1 aliphatic heterocycles. The Morgan fingerprint density at radius 3 is 2.93 bits per heavy atom. The molecule has 3 atom stereocenters. The molecule has 15 heavy (non-hydrogen) atoms. The highest BCUT2D eigenvalue weighted by atomic mass is 16.5.